The molecule has 0 spiro atoms. The van der Waals surface area contributed by atoms with Crippen LogP contribution in [0.25, 0.3) is 11.4 Å². The standard InChI is InChI=1S/C16H22N4/c1-11(10-13-6-5-7-13)17-15-9-4-3-8-14(15)16-18-12(2)19-20-16/h3-4,8-9,11,13,17H,5-7,10H2,1-2H3,(H,18,19,20). The smallest absolute Gasteiger partial charge is 0.183 e. The van der Waals surface area contributed by atoms with E-state index in [1.807, 2.05) is 13.0 Å². The number of hydrogen-bond donors (Lipinski definition) is 2. The Hall–Kier alpha value is -1.84. The molecule has 1 aliphatic rings. The Labute approximate surface area is 120 Å². The van der Waals surface area contributed by atoms with E-state index in [0.717, 1.165) is 28.8 Å². The van der Waals surface area contributed by atoms with Crippen molar-refractivity contribution in [1.82, 2.24) is 15.2 Å². The van der Waals surface area contributed by atoms with Crippen molar-refractivity contribution in [2.75, 3.05) is 5.32 Å². The van der Waals surface area contributed by atoms with Crippen molar-refractivity contribution in [1.29, 1.82) is 0 Å². The number of para-hydroxylation sites is 1. The van der Waals surface area contributed by atoms with Gasteiger partial charge in [-0.3, -0.25) is 5.10 Å². The van der Waals surface area contributed by atoms with Gasteiger partial charge in [0, 0.05) is 17.3 Å². The Morgan fingerprint density at radius 3 is 2.80 bits per heavy atom. The fraction of sp³-hybridized carbons (Fsp3) is 0.500. The van der Waals surface area contributed by atoms with Crippen LogP contribution in [0.15, 0.2) is 24.3 Å². The summed E-state index contributed by atoms with van der Waals surface area (Å²) >= 11 is 0. The predicted octanol–water partition coefficient (Wildman–Crippen LogP) is 3.77. The highest BCUT2D eigenvalue weighted by Crippen LogP contribution is 2.32. The molecule has 1 heterocycles. The third kappa shape index (κ3) is 2.84. The van der Waals surface area contributed by atoms with Gasteiger partial charge in [0.2, 0.25) is 0 Å². The molecule has 4 nitrogen and oxygen atoms in total. The second-order valence-electron chi connectivity index (χ2n) is 5.87. The summed E-state index contributed by atoms with van der Waals surface area (Å²) in [7, 11) is 0. The maximum absolute atomic E-state index is 4.43. The molecule has 0 bridgehead atoms. The average molecular weight is 270 g/mol. The van der Waals surface area contributed by atoms with Gasteiger partial charge in [0.25, 0.3) is 0 Å². The van der Waals surface area contributed by atoms with E-state index in [4.69, 9.17) is 0 Å². The zero-order valence-electron chi connectivity index (χ0n) is 12.2. The van der Waals surface area contributed by atoms with Crippen molar-refractivity contribution in [3.63, 3.8) is 0 Å². The van der Waals surface area contributed by atoms with Crippen molar-refractivity contribution >= 4 is 5.69 Å². The van der Waals surface area contributed by atoms with Crippen LogP contribution in [-0.2, 0) is 0 Å². The summed E-state index contributed by atoms with van der Waals surface area (Å²) in [6.45, 7) is 4.18. The number of H-pyrrole nitrogens is 1. The van der Waals surface area contributed by atoms with Gasteiger partial charge in [0.05, 0.1) is 0 Å². The van der Waals surface area contributed by atoms with E-state index in [-0.39, 0.29) is 0 Å². The molecule has 1 aromatic carbocycles. The van der Waals surface area contributed by atoms with E-state index in [1.165, 1.54) is 25.7 Å². The van der Waals surface area contributed by atoms with E-state index in [2.05, 4.69) is 45.6 Å². The molecule has 1 unspecified atom stereocenters. The Kier molecular flexibility index (Phi) is 3.72. The first-order chi connectivity index (χ1) is 9.72. The fourth-order valence-corrected chi connectivity index (χ4v) is 2.82. The van der Waals surface area contributed by atoms with Crippen LogP contribution < -0.4 is 5.32 Å². The zero-order valence-corrected chi connectivity index (χ0v) is 12.2. The number of nitrogens with zero attached hydrogens (tertiary/aromatic N) is 2. The molecule has 3 rings (SSSR count). The Morgan fingerprint density at radius 1 is 1.35 bits per heavy atom. The largest absolute Gasteiger partial charge is 0.382 e. The zero-order chi connectivity index (χ0) is 13.9. The summed E-state index contributed by atoms with van der Waals surface area (Å²) < 4.78 is 0. The topological polar surface area (TPSA) is 53.6 Å². The molecule has 0 saturated heterocycles. The third-order valence-electron chi connectivity index (χ3n) is 4.08. The van der Waals surface area contributed by atoms with E-state index in [1.54, 1.807) is 0 Å². The molecule has 2 aromatic rings. The molecule has 1 fully saturated rings. The van der Waals surface area contributed by atoms with Gasteiger partial charge in [-0.05, 0) is 38.3 Å². The summed E-state index contributed by atoms with van der Waals surface area (Å²) in [5.41, 5.74) is 2.19. The molecule has 1 aromatic heterocycles. The van der Waals surface area contributed by atoms with E-state index < -0.39 is 0 Å². The lowest BCUT2D eigenvalue weighted by Gasteiger charge is -2.29. The first kappa shape index (κ1) is 13.2. The average Bonchev–Trinajstić information content (AvgIpc) is 2.81. The van der Waals surface area contributed by atoms with Gasteiger partial charge in [-0.25, -0.2) is 4.98 Å². The van der Waals surface area contributed by atoms with Crippen LogP contribution in [-0.4, -0.2) is 21.2 Å². The number of aryl methyl sites for hydroxylation is 1. The number of benzene rings is 1. The molecule has 4 heteroatoms. The second-order valence-corrected chi connectivity index (χ2v) is 5.87. The molecule has 106 valence electrons. The predicted molar refractivity (Wildman–Crippen MR) is 81.6 cm³/mol. The molecule has 20 heavy (non-hydrogen) atoms. The van der Waals surface area contributed by atoms with Gasteiger partial charge in [0.1, 0.15) is 5.82 Å². The van der Waals surface area contributed by atoms with Gasteiger partial charge in [-0.1, -0.05) is 31.4 Å². The maximum atomic E-state index is 4.43. The monoisotopic (exact) mass is 270 g/mol. The van der Waals surface area contributed by atoms with Crippen molar-refractivity contribution in [2.45, 2.75) is 45.6 Å². The SMILES string of the molecule is Cc1nc(-c2ccccc2NC(C)CC2CCC2)n[nH]1. The Morgan fingerprint density at radius 2 is 2.15 bits per heavy atom. The van der Waals surface area contributed by atoms with Crippen LogP contribution in [0.5, 0.6) is 0 Å². The van der Waals surface area contributed by atoms with Crippen LogP contribution in [0, 0.1) is 12.8 Å². The lowest BCUT2D eigenvalue weighted by atomic mass is 9.81. The first-order valence-electron chi connectivity index (χ1n) is 7.47. The van der Waals surface area contributed by atoms with Gasteiger partial charge < -0.3 is 5.32 Å². The molecule has 1 aliphatic carbocycles. The number of hydrogen-bond acceptors (Lipinski definition) is 3. The molecule has 0 radical (unpaired) electrons. The summed E-state index contributed by atoms with van der Waals surface area (Å²) in [5, 5.41) is 10.8. The van der Waals surface area contributed by atoms with E-state index >= 15 is 0 Å². The van der Waals surface area contributed by atoms with Crippen LogP contribution in [0.1, 0.15) is 38.4 Å². The highest BCUT2D eigenvalue weighted by atomic mass is 15.2. The summed E-state index contributed by atoms with van der Waals surface area (Å²) in [6.07, 6.45) is 5.45. The molecule has 0 amide bonds. The quantitative estimate of drug-likeness (QED) is 0.869. The minimum atomic E-state index is 0.487. The van der Waals surface area contributed by atoms with Crippen LogP contribution in [0.2, 0.25) is 0 Å². The summed E-state index contributed by atoms with van der Waals surface area (Å²) in [4.78, 5) is 4.43. The van der Waals surface area contributed by atoms with Gasteiger partial charge in [-0.2, -0.15) is 5.10 Å². The summed E-state index contributed by atoms with van der Waals surface area (Å²) in [5.74, 6) is 2.52. The van der Waals surface area contributed by atoms with Crippen molar-refractivity contribution in [3.05, 3.63) is 30.1 Å². The van der Waals surface area contributed by atoms with Gasteiger partial charge in [0.15, 0.2) is 5.82 Å². The molecule has 0 aliphatic heterocycles. The highest BCUT2D eigenvalue weighted by molar-refractivity contribution is 5.73. The Bertz CT molecular complexity index is 571. The lowest BCUT2D eigenvalue weighted by molar-refractivity contribution is 0.286. The highest BCUT2D eigenvalue weighted by Gasteiger charge is 2.20. The molecule has 1 saturated carbocycles. The Balaban J connectivity index is 1.75. The minimum Gasteiger partial charge on any atom is -0.382 e. The van der Waals surface area contributed by atoms with E-state index in [0.29, 0.717) is 6.04 Å². The van der Waals surface area contributed by atoms with Gasteiger partial charge >= 0.3 is 0 Å². The minimum absolute atomic E-state index is 0.487. The van der Waals surface area contributed by atoms with Crippen LogP contribution in [0.3, 0.4) is 0 Å². The second kappa shape index (κ2) is 5.65. The number of rotatable bonds is 5. The number of nitrogens with one attached hydrogen (secondary N) is 2. The van der Waals surface area contributed by atoms with Gasteiger partial charge in [-0.15, -0.1) is 0 Å². The fourth-order valence-electron chi connectivity index (χ4n) is 2.82. The number of aromatic amines is 1. The number of anilines is 1. The third-order valence-corrected chi connectivity index (χ3v) is 4.08. The summed E-state index contributed by atoms with van der Waals surface area (Å²) in [6, 6.07) is 8.75. The first-order valence-corrected chi connectivity index (χ1v) is 7.47. The molecular weight excluding hydrogens is 248 g/mol. The van der Waals surface area contributed by atoms with Crippen LogP contribution >= 0.6 is 0 Å². The van der Waals surface area contributed by atoms with Crippen molar-refractivity contribution < 1.29 is 0 Å². The normalized spacial score (nSPS) is 16.7. The molecule has 2 N–H and O–H groups in total. The van der Waals surface area contributed by atoms with Crippen molar-refractivity contribution in [2.24, 2.45) is 5.92 Å². The lowest BCUT2D eigenvalue weighted by Crippen LogP contribution is -2.23. The van der Waals surface area contributed by atoms with Crippen molar-refractivity contribution in [3.8, 4) is 11.4 Å². The molecular formula is C16H22N4. The van der Waals surface area contributed by atoms with E-state index in [9.17, 15) is 0 Å². The maximum Gasteiger partial charge on any atom is 0.183 e. The van der Waals surface area contributed by atoms with Crippen LogP contribution in [0.4, 0.5) is 5.69 Å². The molecule has 1 atom stereocenters. The number of aromatic nitrogens is 3.